The molecule has 3 rings (SSSR count). The second kappa shape index (κ2) is 7.65. The highest BCUT2D eigenvalue weighted by atomic mass is 35.5. The quantitative estimate of drug-likeness (QED) is 0.831. The van der Waals surface area contributed by atoms with Crippen LogP contribution in [0, 0.1) is 0 Å². The second-order valence-electron chi connectivity index (χ2n) is 5.91. The number of carbonyl (C=O) groups is 2. The number of hydrogen-bond donors (Lipinski definition) is 0. The van der Waals surface area contributed by atoms with Crippen LogP contribution in [0.3, 0.4) is 0 Å². The molecule has 0 unspecified atom stereocenters. The van der Waals surface area contributed by atoms with Crippen LogP contribution in [0.2, 0.25) is 5.02 Å². The molecule has 7 nitrogen and oxygen atoms in total. The molecule has 2 amide bonds. The van der Waals surface area contributed by atoms with E-state index in [2.05, 4.69) is 10.1 Å². The minimum atomic E-state index is 0.0331. The van der Waals surface area contributed by atoms with Gasteiger partial charge in [0.15, 0.2) is 0 Å². The molecule has 8 heteroatoms. The van der Waals surface area contributed by atoms with E-state index in [1.54, 1.807) is 28.9 Å². The van der Waals surface area contributed by atoms with Crippen LogP contribution in [0.1, 0.15) is 19.2 Å². The van der Waals surface area contributed by atoms with E-state index < -0.39 is 0 Å². The SMILES string of the molecule is CC(=O)N1CCN(C(=O)CCc2nc(-c3cccc(Cl)c3)no2)CC1. The molecule has 132 valence electrons. The molecule has 0 bridgehead atoms. The van der Waals surface area contributed by atoms with E-state index in [4.69, 9.17) is 16.1 Å². The van der Waals surface area contributed by atoms with Crippen molar-refractivity contribution in [2.45, 2.75) is 19.8 Å². The Morgan fingerprint density at radius 2 is 1.92 bits per heavy atom. The Labute approximate surface area is 150 Å². The van der Waals surface area contributed by atoms with Crippen LogP contribution in [0.25, 0.3) is 11.4 Å². The van der Waals surface area contributed by atoms with E-state index in [0.29, 0.717) is 55.8 Å². The van der Waals surface area contributed by atoms with Gasteiger partial charge in [-0.15, -0.1) is 0 Å². The normalized spacial score (nSPS) is 14.6. The van der Waals surface area contributed by atoms with Crippen molar-refractivity contribution in [3.63, 3.8) is 0 Å². The van der Waals surface area contributed by atoms with Gasteiger partial charge in [0.1, 0.15) is 0 Å². The lowest BCUT2D eigenvalue weighted by molar-refractivity contribution is -0.138. The van der Waals surface area contributed by atoms with E-state index >= 15 is 0 Å². The van der Waals surface area contributed by atoms with Crippen LogP contribution in [0.5, 0.6) is 0 Å². The van der Waals surface area contributed by atoms with Crippen molar-refractivity contribution >= 4 is 23.4 Å². The standard InChI is InChI=1S/C17H19ClN4O3/c1-12(23)21-7-9-22(10-8-21)16(24)6-5-15-19-17(20-25-15)13-3-2-4-14(18)11-13/h2-4,11H,5-10H2,1H3. The Kier molecular flexibility index (Phi) is 5.33. The maximum Gasteiger partial charge on any atom is 0.227 e. The van der Waals surface area contributed by atoms with Crippen molar-refractivity contribution in [1.29, 1.82) is 0 Å². The number of rotatable bonds is 4. The van der Waals surface area contributed by atoms with Crippen molar-refractivity contribution in [1.82, 2.24) is 19.9 Å². The molecular formula is C17H19ClN4O3. The summed E-state index contributed by atoms with van der Waals surface area (Å²) >= 11 is 5.96. The van der Waals surface area contributed by atoms with E-state index in [9.17, 15) is 9.59 Å². The highest BCUT2D eigenvalue weighted by Crippen LogP contribution is 2.20. The summed E-state index contributed by atoms with van der Waals surface area (Å²) in [5.74, 6) is 0.961. The zero-order chi connectivity index (χ0) is 17.8. The monoisotopic (exact) mass is 362 g/mol. The fraction of sp³-hybridized carbons (Fsp3) is 0.412. The Morgan fingerprint density at radius 1 is 1.20 bits per heavy atom. The molecule has 0 spiro atoms. The minimum Gasteiger partial charge on any atom is -0.339 e. The van der Waals surface area contributed by atoms with Gasteiger partial charge in [-0.05, 0) is 12.1 Å². The lowest BCUT2D eigenvalue weighted by Gasteiger charge is -2.34. The van der Waals surface area contributed by atoms with Crippen LogP contribution in [-0.4, -0.2) is 57.9 Å². The molecule has 1 aliphatic heterocycles. The zero-order valence-electron chi connectivity index (χ0n) is 13.9. The van der Waals surface area contributed by atoms with Crippen LogP contribution in [0.15, 0.2) is 28.8 Å². The molecule has 0 saturated carbocycles. The Balaban J connectivity index is 1.52. The molecule has 0 radical (unpaired) electrons. The van der Waals surface area contributed by atoms with E-state index in [1.807, 2.05) is 12.1 Å². The first-order valence-corrected chi connectivity index (χ1v) is 8.52. The van der Waals surface area contributed by atoms with Crippen molar-refractivity contribution in [2.75, 3.05) is 26.2 Å². The number of amides is 2. The van der Waals surface area contributed by atoms with Crippen molar-refractivity contribution in [3.05, 3.63) is 35.2 Å². The average molecular weight is 363 g/mol. The minimum absolute atomic E-state index is 0.0331. The van der Waals surface area contributed by atoms with Gasteiger partial charge < -0.3 is 14.3 Å². The van der Waals surface area contributed by atoms with Crippen LogP contribution in [0.4, 0.5) is 0 Å². The van der Waals surface area contributed by atoms with Gasteiger partial charge in [0.25, 0.3) is 0 Å². The smallest absolute Gasteiger partial charge is 0.227 e. The van der Waals surface area contributed by atoms with Gasteiger partial charge in [-0.3, -0.25) is 9.59 Å². The summed E-state index contributed by atoms with van der Waals surface area (Å²) in [7, 11) is 0. The number of halogens is 1. The molecule has 0 N–H and O–H groups in total. The number of hydrogen-bond acceptors (Lipinski definition) is 5. The molecular weight excluding hydrogens is 344 g/mol. The molecule has 1 fully saturated rings. The lowest BCUT2D eigenvalue weighted by Crippen LogP contribution is -2.50. The lowest BCUT2D eigenvalue weighted by atomic mass is 10.2. The molecule has 1 aromatic carbocycles. The topological polar surface area (TPSA) is 79.5 Å². The summed E-state index contributed by atoms with van der Waals surface area (Å²) in [6.45, 7) is 3.84. The van der Waals surface area contributed by atoms with Crippen LogP contribution in [-0.2, 0) is 16.0 Å². The highest BCUT2D eigenvalue weighted by Gasteiger charge is 2.22. The molecule has 1 aliphatic rings. The fourth-order valence-corrected chi connectivity index (χ4v) is 2.93. The fourth-order valence-electron chi connectivity index (χ4n) is 2.74. The van der Waals surface area contributed by atoms with Crippen LogP contribution >= 0.6 is 11.6 Å². The second-order valence-corrected chi connectivity index (χ2v) is 6.35. The summed E-state index contributed by atoms with van der Waals surface area (Å²) in [6.07, 6.45) is 0.691. The predicted octanol–water partition coefficient (Wildman–Crippen LogP) is 2.01. The third-order valence-electron chi connectivity index (χ3n) is 4.18. The summed E-state index contributed by atoms with van der Waals surface area (Å²) < 4.78 is 5.22. The number of nitrogens with zero attached hydrogens (tertiary/aromatic N) is 4. The van der Waals surface area contributed by atoms with Crippen molar-refractivity contribution < 1.29 is 14.1 Å². The van der Waals surface area contributed by atoms with Gasteiger partial charge in [0.2, 0.25) is 23.5 Å². The van der Waals surface area contributed by atoms with Gasteiger partial charge >= 0.3 is 0 Å². The number of benzene rings is 1. The molecule has 25 heavy (non-hydrogen) atoms. The van der Waals surface area contributed by atoms with Gasteiger partial charge in [-0.2, -0.15) is 4.98 Å². The van der Waals surface area contributed by atoms with E-state index in [1.165, 1.54) is 0 Å². The zero-order valence-corrected chi connectivity index (χ0v) is 14.7. The first-order valence-electron chi connectivity index (χ1n) is 8.15. The van der Waals surface area contributed by atoms with Crippen molar-refractivity contribution in [2.24, 2.45) is 0 Å². The number of piperazine rings is 1. The number of aryl methyl sites for hydroxylation is 1. The summed E-state index contributed by atoms with van der Waals surface area (Å²) in [5.41, 5.74) is 0.772. The third-order valence-corrected chi connectivity index (χ3v) is 4.42. The first-order chi connectivity index (χ1) is 12.0. The van der Waals surface area contributed by atoms with Gasteiger partial charge in [0, 0.05) is 56.5 Å². The van der Waals surface area contributed by atoms with Gasteiger partial charge in [-0.1, -0.05) is 28.9 Å². The summed E-state index contributed by atoms with van der Waals surface area (Å²) in [6, 6.07) is 7.20. The molecule has 2 heterocycles. The Bertz CT molecular complexity index is 769. The average Bonchev–Trinajstić information content (AvgIpc) is 3.09. The predicted molar refractivity (Wildman–Crippen MR) is 91.9 cm³/mol. The summed E-state index contributed by atoms with van der Waals surface area (Å²) in [5, 5.41) is 4.53. The maximum absolute atomic E-state index is 12.3. The largest absolute Gasteiger partial charge is 0.339 e. The Hall–Kier alpha value is -2.41. The molecule has 1 saturated heterocycles. The first kappa shape index (κ1) is 17.4. The van der Waals surface area contributed by atoms with Crippen molar-refractivity contribution in [3.8, 4) is 11.4 Å². The third kappa shape index (κ3) is 4.36. The van der Waals surface area contributed by atoms with Gasteiger partial charge in [-0.25, -0.2) is 0 Å². The molecule has 0 atom stereocenters. The highest BCUT2D eigenvalue weighted by molar-refractivity contribution is 6.30. The maximum atomic E-state index is 12.3. The summed E-state index contributed by atoms with van der Waals surface area (Å²) in [4.78, 5) is 31.4. The van der Waals surface area contributed by atoms with Gasteiger partial charge in [0.05, 0.1) is 0 Å². The van der Waals surface area contributed by atoms with Crippen LogP contribution < -0.4 is 0 Å². The molecule has 2 aromatic rings. The molecule has 0 aliphatic carbocycles. The molecule has 1 aromatic heterocycles. The number of carbonyl (C=O) groups excluding carboxylic acids is 2. The van der Waals surface area contributed by atoms with E-state index in [0.717, 1.165) is 5.56 Å². The Morgan fingerprint density at radius 3 is 2.60 bits per heavy atom. The number of aromatic nitrogens is 2. The van der Waals surface area contributed by atoms with E-state index in [-0.39, 0.29) is 11.8 Å².